The van der Waals surface area contributed by atoms with Crippen LogP contribution in [0.15, 0.2) is 24.5 Å². The van der Waals surface area contributed by atoms with E-state index in [9.17, 15) is 0 Å². The minimum atomic E-state index is 0.880. The van der Waals surface area contributed by atoms with Gasteiger partial charge in [0.2, 0.25) is 0 Å². The first kappa shape index (κ1) is 13.8. The zero-order valence-corrected chi connectivity index (χ0v) is 11.8. The van der Waals surface area contributed by atoms with Crippen LogP contribution in [0.5, 0.6) is 0 Å². The summed E-state index contributed by atoms with van der Waals surface area (Å²) < 4.78 is 1.79. The maximum absolute atomic E-state index is 4.44. The standard InChI is InChI=1S/C14H23N5/c1-3-10-18(4-2)11-5-8-15-13-6-7-14-16-9-12-19(14)17-13/h6-7,9,12H,3-5,8,10-11H2,1-2H3,(H,15,17). The summed E-state index contributed by atoms with van der Waals surface area (Å²) >= 11 is 0. The summed E-state index contributed by atoms with van der Waals surface area (Å²) in [5, 5.41) is 7.80. The SMILES string of the molecule is CCCN(CC)CCCNc1ccc2nccn2n1. The normalized spacial score (nSPS) is 11.3. The first-order chi connectivity index (χ1) is 9.33. The maximum atomic E-state index is 4.44. The summed E-state index contributed by atoms with van der Waals surface area (Å²) in [6.45, 7) is 8.86. The van der Waals surface area contributed by atoms with Gasteiger partial charge >= 0.3 is 0 Å². The van der Waals surface area contributed by atoms with E-state index in [4.69, 9.17) is 0 Å². The van der Waals surface area contributed by atoms with Gasteiger partial charge in [-0.15, -0.1) is 5.10 Å². The predicted molar refractivity (Wildman–Crippen MR) is 78.5 cm³/mol. The Hall–Kier alpha value is -1.62. The Morgan fingerprint density at radius 2 is 2.16 bits per heavy atom. The average molecular weight is 261 g/mol. The molecule has 0 aliphatic carbocycles. The van der Waals surface area contributed by atoms with Crippen LogP contribution in [0.25, 0.3) is 5.65 Å². The molecule has 0 fully saturated rings. The number of rotatable bonds is 8. The molecular weight excluding hydrogens is 238 g/mol. The van der Waals surface area contributed by atoms with Crippen molar-refractivity contribution in [1.29, 1.82) is 0 Å². The molecule has 5 nitrogen and oxygen atoms in total. The van der Waals surface area contributed by atoms with Crippen LogP contribution in [0.2, 0.25) is 0 Å². The largest absolute Gasteiger partial charge is 0.369 e. The fourth-order valence-corrected chi connectivity index (χ4v) is 2.17. The Kier molecular flexibility index (Phi) is 5.15. The molecule has 0 spiro atoms. The molecule has 0 saturated carbocycles. The number of nitrogens with one attached hydrogen (secondary N) is 1. The molecule has 2 aromatic heterocycles. The first-order valence-corrected chi connectivity index (χ1v) is 7.10. The molecule has 0 radical (unpaired) electrons. The first-order valence-electron chi connectivity index (χ1n) is 7.10. The van der Waals surface area contributed by atoms with Gasteiger partial charge in [-0.25, -0.2) is 9.50 Å². The van der Waals surface area contributed by atoms with Crippen molar-refractivity contribution in [3.05, 3.63) is 24.5 Å². The average Bonchev–Trinajstić information content (AvgIpc) is 2.89. The topological polar surface area (TPSA) is 45.5 Å². The predicted octanol–water partition coefficient (Wildman–Crippen LogP) is 2.26. The molecule has 0 aliphatic rings. The minimum absolute atomic E-state index is 0.880. The summed E-state index contributed by atoms with van der Waals surface area (Å²) in [6, 6.07) is 3.96. The molecule has 19 heavy (non-hydrogen) atoms. The van der Waals surface area contributed by atoms with Crippen LogP contribution in [-0.2, 0) is 0 Å². The zero-order valence-electron chi connectivity index (χ0n) is 11.8. The lowest BCUT2D eigenvalue weighted by Gasteiger charge is -2.19. The van der Waals surface area contributed by atoms with Gasteiger partial charge in [-0.2, -0.15) is 0 Å². The van der Waals surface area contributed by atoms with E-state index < -0.39 is 0 Å². The number of anilines is 1. The molecular formula is C14H23N5. The third-order valence-electron chi connectivity index (χ3n) is 3.20. The molecule has 0 amide bonds. The van der Waals surface area contributed by atoms with Gasteiger partial charge in [0.25, 0.3) is 0 Å². The Balaban J connectivity index is 1.75. The van der Waals surface area contributed by atoms with Gasteiger partial charge in [0.15, 0.2) is 5.65 Å². The summed E-state index contributed by atoms with van der Waals surface area (Å²) in [5.74, 6) is 0.907. The molecule has 5 heteroatoms. The fraction of sp³-hybridized carbons (Fsp3) is 0.571. The van der Waals surface area contributed by atoms with Gasteiger partial charge in [0.1, 0.15) is 5.82 Å². The highest BCUT2D eigenvalue weighted by molar-refractivity contribution is 5.43. The highest BCUT2D eigenvalue weighted by atomic mass is 15.3. The van der Waals surface area contributed by atoms with Crippen LogP contribution < -0.4 is 5.32 Å². The molecule has 0 aromatic carbocycles. The van der Waals surface area contributed by atoms with Gasteiger partial charge in [0.05, 0.1) is 0 Å². The Labute approximate surface area is 114 Å². The van der Waals surface area contributed by atoms with Crippen LogP contribution in [0.3, 0.4) is 0 Å². The van der Waals surface area contributed by atoms with Gasteiger partial charge in [0, 0.05) is 18.9 Å². The Morgan fingerprint density at radius 3 is 2.95 bits per heavy atom. The second-order valence-electron chi connectivity index (χ2n) is 4.66. The van der Waals surface area contributed by atoms with Gasteiger partial charge in [-0.1, -0.05) is 13.8 Å². The lowest BCUT2D eigenvalue weighted by molar-refractivity contribution is 0.288. The molecule has 0 atom stereocenters. The molecule has 0 unspecified atom stereocenters. The summed E-state index contributed by atoms with van der Waals surface area (Å²) in [4.78, 5) is 6.66. The summed E-state index contributed by atoms with van der Waals surface area (Å²) in [5.41, 5.74) is 0.880. The Bertz CT molecular complexity index is 493. The molecule has 2 aromatic rings. The van der Waals surface area contributed by atoms with Crippen LogP contribution >= 0.6 is 0 Å². The van der Waals surface area contributed by atoms with E-state index in [1.165, 1.54) is 13.0 Å². The summed E-state index contributed by atoms with van der Waals surface area (Å²) in [6.07, 6.45) is 5.98. The quantitative estimate of drug-likeness (QED) is 0.740. The number of fused-ring (bicyclic) bond motifs is 1. The molecule has 1 N–H and O–H groups in total. The lowest BCUT2D eigenvalue weighted by Crippen LogP contribution is -2.26. The van der Waals surface area contributed by atoms with E-state index in [2.05, 4.69) is 34.1 Å². The number of imidazole rings is 1. The van der Waals surface area contributed by atoms with Crippen molar-refractivity contribution in [3.63, 3.8) is 0 Å². The van der Waals surface area contributed by atoms with Crippen molar-refractivity contribution in [1.82, 2.24) is 19.5 Å². The monoisotopic (exact) mass is 261 g/mol. The molecule has 104 valence electrons. The molecule has 0 bridgehead atoms. The van der Waals surface area contributed by atoms with E-state index in [1.807, 2.05) is 18.3 Å². The number of hydrogen-bond donors (Lipinski definition) is 1. The smallest absolute Gasteiger partial charge is 0.153 e. The second kappa shape index (κ2) is 7.09. The zero-order chi connectivity index (χ0) is 13.5. The second-order valence-corrected chi connectivity index (χ2v) is 4.66. The molecule has 0 aliphatic heterocycles. The van der Waals surface area contributed by atoms with E-state index in [0.717, 1.165) is 37.5 Å². The van der Waals surface area contributed by atoms with Crippen LogP contribution in [-0.4, -0.2) is 45.7 Å². The third-order valence-corrected chi connectivity index (χ3v) is 3.20. The highest BCUT2D eigenvalue weighted by Crippen LogP contribution is 2.05. The van der Waals surface area contributed by atoms with Gasteiger partial charge < -0.3 is 10.2 Å². The van der Waals surface area contributed by atoms with Crippen molar-refractivity contribution in [2.75, 3.05) is 31.5 Å². The lowest BCUT2D eigenvalue weighted by atomic mass is 10.3. The van der Waals surface area contributed by atoms with Crippen molar-refractivity contribution in [2.24, 2.45) is 0 Å². The molecule has 0 saturated heterocycles. The maximum Gasteiger partial charge on any atom is 0.153 e. The van der Waals surface area contributed by atoms with E-state index >= 15 is 0 Å². The Morgan fingerprint density at radius 1 is 1.26 bits per heavy atom. The molecule has 2 rings (SSSR count). The minimum Gasteiger partial charge on any atom is -0.369 e. The van der Waals surface area contributed by atoms with Crippen molar-refractivity contribution >= 4 is 11.5 Å². The van der Waals surface area contributed by atoms with Crippen LogP contribution in [0.4, 0.5) is 5.82 Å². The number of nitrogens with zero attached hydrogens (tertiary/aromatic N) is 4. The van der Waals surface area contributed by atoms with Gasteiger partial charge in [-0.05, 0) is 44.6 Å². The van der Waals surface area contributed by atoms with Crippen LogP contribution in [0, 0.1) is 0 Å². The molecule has 2 heterocycles. The van der Waals surface area contributed by atoms with Crippen molar-refractivity contribution in [2.45, 2.75) is 26.7 Å². The third kappa shape index (κ3) is 3.92. The van der Waals surface area contributed by atoms with Crippen molar-refractivity contribution in [3.8, 4) is 0 Å². The number of aromatic nitrogens is 3. The number of hydrogen-bond acceptors (Lipinski definition) is 4. The summed E-state index contributed by atoms with van der Waals surface area (Å²) in [7, 11) is 0. The van der Waals surface area contributed by atoms with Crippen molar-refractivity contribution < 1.29 is 0 Å². The van der Waals surface area contributed by atoms with E-state index in [0.29, 0.717) is 0 Å². The highest BCUT2D eigenvalue weighted by Gasteiger charge is 2.01. The van der Waals surface area contributed by atoms with E-state index in [1.54, 1.807) is 10.7 Å². The van der Waals surface area contributed by atoms with E-state index in [-0.39, 0.29) is 0 Å². The van der Waals surface area contributed by atoms with Gasteiger partial charge in [-0.3, -0.25) is 0 Å². The van der Waals surface area contributed by atoms with Crippen LogP contribution in [0.1, 0.15) is 26.7 Å². The fourth-order valence-electron chi connectivity index (χ4n) is 2.17.